The molecule has 0 aliphatic heterocycles. The van der Waals surface area contributed by atoms with Crippen LogP contribution in [0.25, 0.3) is 5.78 Å². The van der Waals surface area contributed by atoms with E-state index in [0.29, 0.717) is 11.6 Å². The Morgan fingerprint density at radius 1 is 1.27 bits per heavy atom. The van der Waals surface area contributed by atoms with Crippen LogP contribution in [0.15, 0.2) is 30.3 Å². The third kappa shape index (κ3) is 2.65. The number of benzene rings is 1. The highest BCUT2D eigenvalue weighted by Crippen LogP contribution is 2.08. The average Bonchev–Trinajstić information content (AvgIpc) is 2.88. The number of carbonyl (C=O) groups is 1. The molecule has 22 heavy (non-hydrogen) atoms. The highest BCUT2D eigenvalue weighted by molar-refractivity contribution is 5.94. The summed E-state index contributed by atoms with van der Waals surface area (Å²) in [5.41, 5.74) is 2.05. The Kier molecular flexibility index (Phi) is 3.54. The Balaban J connectivity index is 1.81. The molecule has 0 radical (unpaired) electrons. The highest BCUT2D eigenvalue weighted by Gasteiger charge is 2.12. The van der Waals surface area contributed by atoms with E-state index in [1.807, 2.05) is 19.9 Å². The Bertz CT molecular complexity index is 858. The molecule has 0 saturated heterocycles. The SMILES string of the molecule is Cc1cc(C)n2c(CNC(=O)c3cccc(F)c3)nnc2n1. The van der Waals surface area contributed by atoms with Crippen LogP contribution in [0.5, 0.6) is 0 Å². The lowest BCUT2D eigenvalue weighted by Crippen LogP contribution is -2.24. The zero-order chi connectivity index (χ0) is 15.7. The number of aryl methyl sites for hydroxylation is 2. The van der Waals surface area contributed by atoms with E-state index in [1.165, 1.54) is 18.2 Å². The van der Waals surface area contributed by atoms with Gasteiger partial charge in [0, 0.05) is 17.0 Å². The quantitative estimate of drug-likeness (QED) is 0.800. The molecule has 2 aromatic heterocycles. The molecule has 112 valence electrons. The standard InChI is InChI=1S/C15H14FN5O/c1-9-6-10(2)21-13(19-20-15(21)18-9)8-17-14(22)11-4-3-5-12(16)7-11/h3-7H,8H2,1-2H3,(H,17,22). The van der Waals surface area contributed by atoms with Gasteiger partial charge >= 0.3 is 0 Å². The van der Waals surface area contributed by atoms with Gasteiger partial charge in [0.2, 0.25) is 0 Å². The number of nitrogens with zero attached hydrogens (tertiary/aromatic N) is 4. The van der Waals surface area contributed by atoms with Crippen molar-refractivity contribution in [2.24, 2.45) is 0 Å². The van der Waals surface area contributed by atoms with Crippen LogP contribution >= 0.6 is 0 Å². The summed E-state index contributed by atoms with van der Waals surface area (Å²) in [5.74, 6) is 0.252. The van der Waals surface area contributed by atoms with Gasteiger partial charge in [0.25, 0.3) is 11.7 Å². The lowest BCUT2D eigenvalue weighted by atomic mass is 10.2. The molecule has 0 saturated carbocycles. The van der Waals surface area contributed by atoms with Gasteiger partial charge < -0.3 is 5.32 Å². The second-order valence-corrected chi connectivity index (χ2v) is 4.98. The van der Waals surface area contributed by atoms with E-state index in [2.05, 4.69) is 20.5 Å². The number of amides is 1. The van der Waals surface area contributed by atoms with Crippen LogP contribution in [-0.2, 0) is 6.54 Å². The van der Waals surface area contributed by atoms with Gasteiger partial charge in [-0.1, -0.05) is 6.07 Å². The van der Waals surface area contributed by atoms with Crippen molar-refractivity contribution in [1.29, 1.82) is 0 Å². The molecular formula is C15H14FN5O. The molecule has 1 aromatic carbocycles. The minimum Gasteiger partial charge on any atom is -0.345 e. The summed E-state index contributed by atoms with van der Waals surface area (Å²) in [4.78, 5) is 16.3. The topological polar surface area (TPSA) is 72.2 Å². The Morgan fingerprint density at radius 3 is 2.86 bits per heavy atom. The lowest BCUT2D eigenvalue weighted by molar-refractivity contribution is 0.0949. The molecule has 2 heterocycles. The van der Waals surface area contributed by atoms with Gasteiger partial charge in [-0.3, -0.25) is 9.20 Å². The smallest absolute Gasteiger partial charge is 0.255 e. The number of hydrogen-bond donors (Lipinski definition) is 1. The molecule has 7 heteroatoms. The largest absolute Gasteiger partial charge is 0.345 e. The summed E-state index contributed by atoms with van der Waals surface area (Å²) in [6.07, 6.45) is 0. The van der Waals surface area contributed by atoms with Crippen molar-refractivity contribution >= 4 is 11.7 Å². The van der Waals surface area contributed by atoms with Gasteiger partial charge in [0.05, 0.1) is 6.54 Å². The van der Waals surface area contributed by atoms with Gasteiger partial charge in [-0.15, -0.1) is 10.2 Å². The van der Waals surface area contributed by atoms with Crippen molar-refractivity contribution in [3.05, 3.63) is 58.9 Å². The van der Waals surface area contributed by atoms with E-state index in [1.54, 1.807) is 10.5 Å². The first-order valence-corrected chi connectivity index (χ1v) is 6.76. The van der Waals surface area contributed by atoms with Gasteiger partial charge in [-0.2, -0.15) is 0 Å². The third-order valence-corrected chi connectivity index (χ3v) is 3.25. The molecule has 0 bridgehead atoms. The summed E-state index contributed by atoms with van der Waals surface area (Å²) in [5, 5.41) is 10.7. The van der Waals surface area contributed by atoms with Crippen LogP contribution in [0.1, 0.15) is 27.6 Å². The molecule has 3 aromatic rings. The summed E-state index contributed by atoms with van der Waals surface area (Å²) in [6, 6.07) is 7.44. The fourth-order valence-corrected chi connectivity index (χ4v) is 2.30. The maximum Gasteiger partial charge on any atom is 0.255 e. The van der Waals surface area contributed by atoms with Crippen LogP contribution in [0.3, 0.4) is 0 Å². The van der Waals surface area contributed by atoms with Gasteiger partial charge in [-0.25, -0.2) is 9.37 Å². The summed E-state index contributed by atoms with van der Waals surface area (Å²) < 4.78 is 14.9. The first kappa shape index (κ1) is 14.1. The molecule has 0 aliphatic rings. The molecule has 0 atom stereocenters. The molecule has 0 aliphatic carbocycles. The van der Waals surface area contributed by atoms with Gasteiger partial charge in [-0.05, 0) is 38.1 Å². The normalized spacial score (nSPS) is 10.9. The van der Waals surface area contributed by atoms with Crippen LogP contribution in [0.2, 0.25) is 0 Å². The summed E-state index contributed by atoms with van der Waals surface area (Å²) in [7, 11) is 0. The molecular weight excluding hydrogens is 285 g/mol. The first-order chi connectivity index (χ1) is 10.5. The molecule has 0 spiro atoms. The van der Waals surface area contributed by atoms with Crippen LogP contribution in [0, 0.1) is 19.7 Å². The molecule has 0 fully saturated rings. The monoisotopic (exact) mass is 299 g/mol. The van der Waals surface area contributed by atoms with Crippen LogP contribution < -0.4 is 5.32 Å². The molecule has 6 nitrogen and oxygen atoms in total. The lowest BCUT2D eigenvalue weighted by Gasteiger charge is -2.06. The maximum absolute atomic E-state index is 13.1. The van der Waals surface area contributed by atoms with Crippen LogP contribution in [-0.4, -0.2) is 25.5 Å². The number of hydrogen-bond acceptors (Lipinski definition) is 4. The van der Waals surface area contributed by atoms with E-state index >= 15 is 0 Å². The van der Waals surface area contributed by atoms with E-state index in [-0.39, 0.29) is 18.0 Å². The third-order valence-electron chi connectivity index (χ3n) is 3.25. The Morgan fingerprint density at radius 2 is 2.09 bits per heavy atom. The molecule has 3 rings (SSSR count). The predicted octanol–water partition coefficient (Wildman–Crippen LogP) is 1.81. The number of fused-ring (bicyclic) bond motifs is 1. The van der Waals surface area contributed by atoms with Crippen molar-refractivity contribution in [2.45, 2.75) is 20.4 Å². The number of halogens is 1. The first-order valence-electron chi connectivity index (χ1n) is 6.76. The number of aromatic nitrogens is 4. The maximum atomic E-state index is 13.1. The second-order valence-electron chi connectivity index (χ2n) is 4.98. The number of rotatable bonds is 3. The molecule has 0 unspecified atom stereocenters. The minimum absolute atomic E-state index is 0.183. The van der Waals surface area contributed by atoms with Gasteiger partial charge in [0.1, 0.15) is 5.82 Å². The van der Waals surface area contributed by atoms with Crippen molar-refractivity contribution in [2.75, 3.05) is 0 Å². The minimum atomic E-state index is -0.448. The van der Waals surface area contributed by atoms with E-state index in [4.69, 9.17) is 0 Å². The van der Waals surface area contributed by atoms with Crippen molar-refractivity contribution in [3.63, 3.8) is 0 Å². The van der Waals surface area contributed by atoms with Crippen molar-refractivity contribution in [1.82, 2.24) is 24.9 Å². The summed E-state index contributed by atoms with van der Waals surface area (Å²) >= 11 is 0. The molecule has 1 N–H and O–H groups in total. The fraction of sp³-hybridized carbons (Fsp3) is 0.200. The second kappa shape index (κ2) is 5.51. The van der Waals surface area contributed by atoms with E-state index in [0.717, 1.165) is 11.4 Å². The zero-order valence-corrected chi connectivity index (χ0v) is 12.2. The highest BCUT2D eigenvalue weighted by atomic mass is 19.1. The van der Waals surface area contributed by atoms with E-state index in [9.17, 15) is 9.18 Å². The zero-order valence-electron chi connectivity index (χ0n) is 12.2. The number of nitrogens with one attached hydrogen (secondary N) is 1. The van der Waals surface area contributed by atoms with Crippen molar-refractivity contribution in [3.8, 4) is 0 Å². The van der Waals surface area contributed by atoms with E-state index < -0.39 is 5.82 Å². The number of carbonyl (C=O) groups excluding carboxylic acids is 1. The van der Waals surface area contributed by atoms with Crippen molar-refractivity contribution < 1.29 is 9.18 Å². The predicted molar refractivity (Wildman–Crippen MR) is 77.8 cm³/mol. The summed E-state index contributed by atoms with van der Waals surface area (Å²) in [6.45, 7) is 3.98. The fourth-order valence-electron chi connectivity index (χ4n) is 2.30. The van der Waals surface area contributed by atoms with Crippen LogP contribution in [0.4, 0.5) is 4.39 Å². The molecule has 1 amide bonds. The Hall–Kier alpha value is -2.83. The average molecular weight is 299 g/mol. The Labute approximate surface area is 126 Å². The van der Waals surface area contributed by atoms with Gasteiger partial charge in [0.15, 0.2) is 5.82 Å².